The van der Waals surface area contributed by atoms with E-state index in [-0.39, 0.29) is 11.8 Å². The van der Waals surface area contributed by atoms with Gasteiger partial charge in [0.05, 0.1) is 6.61 Å². The molecule has 3 rings (SSSR count). The van der Waals surface area contributed by atoms with Gasteiger partial charge < -0.3 is 14.6 Å². The summed E-state index contributed by atoms with van der Waals surface area (Å²) in [6.07, 6.45) is 4.34. The molecule has 0 saturated carbocycles. The predicted octanol–water partition coefficient (Wildman–Crippen LogP) is 4.68. The van der Waals surface area contributed by atoms with Gasteiger partial charge in [0, 0.05) is 23.5 Å². The summed E-state index contributed by atoms with van der Waals surface area (Å²) in [5.41, 5.74) is 1.30. The number of nitrogens with one attached hydrogen (secondary N) is 1. The van der Waals surface area contributed by atoms with Gasteiger partial charge >= 0.3 is 0 Å². The standard InChI is InChI=1S/C23H28N4O3/c1-15(2)11-13-29-19-9-7-17(8-10-19)22(28)25-20(16(3)4)23-26-21(27-30-23)18-6-5-12-24-14-18/h5-10,12,14-16,20H,11,13H2,1-4H3,(H,25,28). The summed E-state index contributed by atoms with van der Waals surface area (Å²) in [6.45, 7) is 8.96. The first-order chi connectivity index (χ1) is 14.4. The summed E-state index contributed by atoms with van der Waals surface area (Å²) >= 11 is 0. The predicted molar refractivity (Wildman–Crippen MR) is 114 cm³/mol. The Kier molecular flexibility index (Phi) is 7.17. The quantitative estimate of drug-likeness (QED) is 0.553. The second-order valence-electron chi connectivity index (χ2n) is 7.95. The lowest BCUT2D eigenvalue weighted by atomic mass is 10.0. The van der Waals surface area contributed by atoms with Crippen LogP contribution in [-0.4, -0.2) is 27.6 Å². The summed E-state index contributed by atoms with van der Waals surface area (Å²) in [7, 11) is 0. The van der Waals surface area contributed by atoms with Gasteiger partial charge in [-0.3, -0.25) is 9.78 Å². The molecule has 2 heterocycles. The highest BCUT2D eigenvalue weighted by atomic mass is 16.5. The molecule has 0 fully saturated rings. The van der Waals surface area contributed by atoms with Crippen LogP contribution < -0.4 is 10.1 Å². The maximum atomic E-state index is 12.8. The van der Waals surface area contributed by atoms with Crippen LogP contribution in [0.1, 0.15) is 56.4 Å². The number of carbonyl (C=O) groups excluding carboxylic acids is 1. The summed E-state index contributed by atoms with van der Waals surface area (Å²) in [4.78, 5) is 21.3. The fraction of sp³-hybridized carbons (Fsp3) is 0.391. The first kappa shape index (κ1) is 21.5. The third-order valence-corrected chi connectivity index (χ3v) is 4.66. The van der Waals surface area contributed by atoms with Gasteiger partial charge in [0.15, 0.2) is 0 Å². The first-order valence-corrected chi connectivity index (χ1v) is 10.2. The zero-order chi connectivity index (χ0) is 21.5. The monoisotopic (exact) mass is 408 g/mol. The molecule has 2 aromatic heterocycles. The third-order valence-electron chi connectivity index (χ3n) is 4.66. The third kappa shape index (κ3) is 5.65. The number of amides is 1. The number of benzene rings is 1. The molecule has 3 aromatic rings. The normalized spacial score (nSPS) is 12.2. The van der Waals surface area contributed by atoms with Crippen LogP contribution in [0.5, 0.6) is 5.75 Å². The van der Waals surface area contributed by atoms with Gasteiger partial charge in [-0.1, -0.05) is 32.9 Å². The van der Waals surface area contributed by atoms with E-state index >= 15 is 0 Å². The van der Waals surface area contributed by atoms with Crippen molar-refractivity contribution in [1.29, 1.82) is 0 Å². The Morgan fingerprint density at radius 3 is 2.53 bits per heavy atom. The molecular weight excluding hydrogens is 380 g/mol. The maximum absolute atomic E-state index is 12.8. The van der Waals surface area contributed by atoms with Crippen molar-refractivity contribution in [3.05, 3.63) is 60.2 Å². The van der Waals surface area contributed by atoms with Gasteiger partial charge in [0.2, 0.25) is 11.7 Å². The molecule has 0 saturated heterocycles. The average Bonchev–Trinajstić information content (AvgIpc) is 3.22. The van der Waals surface area contributed by atoms with Gasteiger partial charge in [-0.25, -0.2) is 0 Å². The average molecular weight is 409 g/mol. The van der Waals surface area contributed by atoms with Crippen molar-refractivity contribution in [3.63, 3.8) is 0 Å². The highest BCUT2D eigenvalue weighted by Gasteiger charge is 2.25. The summed E-state index contributed by atoms with van der Waals surface area (Å²) < 4.78 is 11.2. The fourth-order valence-corrected chi connectivity index (χ4v) is 2.83. The van der Waals surface area contributed by atoms with Gasteiger partial charge in [0.25, 0.3) is 5.91 Å². The molecule has 1 amide bonds. The number of ether oxygens (including phenoxy) is 1. The summed E-state index contributed by atoms with van der Waals surface area (Å²) in [5.74, 6) is 2.02. The van der Waals surface area contributed by atoms with Gasteiger partial charge in [-0.2, -0.15) is 4.98 Å². The number of rotatable bonds is 9. The second-order valence-corrected chi connectivity index (χ2v) is 7.95. The van der Waals surface area contributed by atoms with Crippen molar-refractivity contribution in [1.82, 2.24) is 20.4 Å². The molecule has 1 aromatic carbocycles. The summed E-state index contributed by atoms with van der Waals surface area (Å²) in [5, 5.41) is 7.03. The smallest absolute Gasteiger partial charge is 0.251 e. The number of hydrogen-bond donors (Lipinski definition) is 1. The van der Waals surface area contributed by atoms with Crippen LogP contribution in [-0.2, 0) is 0 Å². The van der Waals surface area contributed by atoms with Crippen LogP contribution in [0.2, 0.25) is 0 Å². The number of pyridine rings is 1. The van der Waals surface area contributed by atoms with E-state index in [2.05, 4.69) is 34.3 Å². The van der Waals surface area contributed by atoms with Crippen LogP contribution in [0.15, 0.2) is 53.3 Å². The Labute approximate surface area is 176 Å². The van der Waals surface area contributed by atoms with Crippen LogP contribution in [0.3, 0.4) is 0 Å². The first-order valence-electron chi connectivity index (χ1n) is 10.2. The lowest BCUT2D eigenvalue weighted by Crippen LogP contribution is -2.32. The van der Waals surface area contributed by atoms with Crippen molar-refractivity contribution in [2.75, 3.05) is 6.61 Å². The zero-order valence-electron chi connectivity index (χ0n) is 17.8. The molecule has 7 heteroatoms. The Balaban J connectivity index is 1.67. The Morgan fingerprint density at radius 1 is 1.13 bits per heavy atom. The minimum atomic E-state index is -0.405. The molecule has 158 valence electrons. The van der Waals surface area contributed by atoms with Crippen LogP contribution in [0, 0.1) is 11.8 Å². The van der Waals surface area contributed by atoms with Gasteiger partial charge in [-0.15, -0.1) is 0 Å². The van der Waals surface area contributed by atoms with Crippen LogP contribution in [0.25, 0.3) is 11.4 Å². The lowest BCUT2D eigenvalue weighted by molar-refractivity contribution is 0.0914. The minimum absolute atomic E-state index is 0.0646. The van der Waals surface area contributed by atoms with Gasteiger partial charge in [0.1, 0.15) is 11.8 Å². The van der Waals surface area contributed by atoms with E-state index in [9.17, 15) is 4.79 Å². The highest BCUT2D eigenvalue weighted by Crippen LogP contribution is 2.24. The lowest BCUT2D eigenvalue weighted by Gasteiger charge is -2.18. The Bertz CT molecular complexity index is 937. The molecular formula is C23H28N4O3. The van der Waals surface area contributed by atoms with E-state index in [1.165, 1.54) is 0 Å². The molecule has 1 N–H and O–H groups in total. The van der Waals surface area contributed by atoms with Crippen molar-refractivity contribution in [2.45, 2.75) is 40.2 Å². The fourth-order valence-electron chi connectivity index (χ4n) is 2.83. The van der Waals surface area contributed by atoms with Crippen molar-refractivity contribution < 1.29 is 14.1 Å². The molecule has 0 bridgehead atoms. The summed E-state index contributed by atoms with van der Waals surface area (Å²) in [6, 6.07) is 10.4. The van der Waals surface area contributed by atoms with Crippen LogP contribution >= 0.6 is 0 Å². The second kappa shape index (κ2) is 10.0. The molecule has 0 radical (unpaired) electrons. The van der Waals surface area contributed by atoms with Crippen LogP contribution in [0.4, 0.5) is 0 Å². The largest absolute Gasteiger partial charge is 0.494 e. The molecule has 0 aliphatic heterocycles. The van der Waals surface area contributed by atoms with Crippen molar-refractivity contribution in [3.8, 4) is 17.1 Å². The molecule has 1 atom stereocenters. The number of aromatic nitrogens is 3. The van der Waals surface area contributed by atoms with E-state index in [1.807, 2.05) is 38.1 Å². The topological polar surface area (TPSA) is 90.1 Å². The van der Waals surface area contributed by atoms with Gasteiger partial charge in [-0.05, 0) is 54.7 Å². The molecule has 7 nitrogen and oxygen atoms in total. The van der Waals surface area contributed by atoms with E-state index in [4.69, 9.17) is 9.26 Å². The molecule has 30 heavy (non-hydrogen) atoms. The molecule has 0 aliphatic rings. The van der Waals surface area contributed by atoms with E-state index in [0.29, 0.717) is 29.8 Å². The molecule has 1 unspecified atom stereocenters. The molecule has 0 aliphatic carbocycles. The Morgan fingerprint density at radius 2 is 1.90 bits per heavy atom. The SMILES string of the molecule is CC(C)CCOc1ccc(C(=O)NC(c2nc(-c3cccnc3)no2)C(C)C)cc1. The van der Waals surface area contributed by atoms with Crippen molar-refractivity contribution in [2.24, 2.45) is 11.8 Å². The Hall–Kier alpha value is -3.22. The number of hydrogen-bond acceptors (Lipinski definition) is 6. The van der Waals surface area contributed by atoms with E-state index in [1.54, 1.807) is 24.5 Å². The number of carbonyl (C=O) groups is 1. The van der Waals surface area contributed by atoms with Crippen molar-refractivity contribution >= 4 is 5.91 Å². The minimum Gasteiger partial charge on any atom is -0.494 e. The zero-order valence-corrected chi connectivity index (χ0v) is 17.8. The molecule has 0 spiro atoms. The number of nitrogens with zero attached hydrogens (tertiary/aromatic N) is 3. The highest BCUT2D eigenvalue weighted by molar-refractivity contribution is 5.94. The maximum Gasteiger partial charge on any atom is 0.251 e. The van der Waals surface area contributed by atoms with E-state index in [0.717, 1.165) is 17.7 Å². The van der Waals surface area contributed by atoms with E-state index < -0.39 is 6.04 Å².